The van der Waals surface area contributed by atoms with Crippen LogP contribution in [0.2, 0.25) is 0 Å². The molecule has 108 valence electrons. The average molecular weight is 271 g/mol. The highest BCUT2D eigenvalue weighted by Crippen LogP contribution is 1.97. The topological polar surface area (TPSA) is 74.2 Å². The molecule has 0 aromatic carbocycles. The molecule has 0 rings (SSSR count). The predicted octanol–water partition coefficient (Wildman–Crippen LogP) is 1.25. The van der Waals surface area contributed by atoms with Gasteiger partial charge in [0, 0.05) is 5.57 Å². The molecular formula is C13H21NO5. The van der Waals surface area contributed by atoms with Gasteiger partial charge in [0.1, 0.15) is 6.61 Å². The van der Waals surface area contributed by atoms with Crippen molar-refractivity contribution in [1.29, 1.82) is 0 Å². The molecule has 0 aromatic heterocycles. The van der Waals surface area contributed by atoms with Gasteiger partial charge in [0.15, 0.2) is 0 Å². The maximum absolute atomic E-state index is 11.0. The predicted molar refractivity (Wildman–Crippen MR) is 69.6 cm³/mol. The van der Waals surface area contributed by atoms with Crippen molar-refractivity contribution < 1.29 is 23.8 Å². The molecule has 0 aliphatic rings. The van der Waals surface area contributed by atoms with Gasteiger partial charge in [-0.25, -0.2) is 14.6 Å². The Morgan fingerprint density at radius 1 is 1.32 bits per heavy atom. The van der Waals surface area contributed by atoms with Gasteiger partial charge < -0.3 is 14.2 Å². The van der Waals surface area contributed by atoms with Crippen molar-refractivity contribution in [3.05, 3.63) is 12.2 Å². The maximum atomic E-state index is 11.0. The first-order valence-electron chi connectivity index (χ1n) is 6.06. The lowest BCUT2D eigenvalue weighted by Crippen LogP contribution is -2.22. The summed E-state index contributed by atoms with van der Waals surface area (Å²) in [5.74, 6) is -0.423. The van der Waals surface area contributed by atoms with Crippen LogP contribution in [0.4, 0.5) is 0 Å². The minimum atomic E-state index is -0.423. The fraction of sp³-hybridized carbons (Fsp3) is 0.692. The molecule has 0 bridgehead atoms. The molecular weight excluding hydrogens is 250 g/mol. The molecule has 0 aliphatic heterocycles. The number of esters is 1. The van der Waals surface area contributed by atoms with Gasteiger partial charge in [-0.15, -0.1) is 0 Å². The first-order valence-corrected chi connectivity index (χ1v) is 6.06. The van der Waals surface area contributed by atoms with E-state index in [0.29, 0.717) is 25.4 Å². The number of ether oxygens (including phenoxy) is 3. The largest absolute Gasteiger partial charge is 0.460 e. The molecule has 6 heteroatoms. The third-order valence-corrected chi connectivity index (χ3v) is 2.06. The van der Waals surface area contributed by atoms with Gasteiger partial charge in [-0.2, -0.15) is 0 Å². The summed E-state index contributed by atoms with van der Waals surface area (Å²) in [6.45, 7) is 9.86. The Morgan fingerprint density at radius 2 is 2.00 bits per heavy atom. The van der Waals surface area contributed by atoms with Crippen LogP contribution in [0.3, 0.4) is 0 Å². The van der Waals surface area contributed by atoms with E-state index in [1.54, 1.807) is 13.8 Å². The Bertz CT molecular complexity index is 336. The number of isocyanates is 1. The molecule has 2 unspecified atom stereocenters. The van der Waals surface area contributed by atoms with Crippen LogP contribution in [0.25, 0.3) is 0 Å². The van der Waals surface area contributed by atoms with E-state index in [0.717, 1.165) is 0 Å². The molecule has 0 saturated carbocycles. The first-order chi connectivity index (χ1) is 8.97. The van der Waals surface area contributed by atoms with Gasteiger partial charge in [-0.3, -0.25) is 0 Å². The Morgan fingerprint density at radius 3 is 2.58 bits per heavy atom. The number of nitrogens with zero attached hydrogens (tertiary/aromatic N) is 1. The van der Waals surface area contributed by atoms with Crippen molar-refractivity contribution in [2.75, 3.05) is 26.4 Å². The minimum absolute atomic E-state index is 0.124. The van der Waals surface area contributed by atoms with Crippen LogP contribution in [0.1, 0.15) is 20.8 Å². The second-order valence-electron chi connectivity index (χ2n) is 4.20. The lowest BCUT2D eigenvalue weighted by atomic mass is 10.3. The number of carbonyl (C=O) groups is 1. The summed E-state index contributed by atoms with van der Waals surface area (Å²) in [7, 11) is 0. The standard InChI is InChI=1S/C13H21NO5/c1-10(2)13(16)18-6-5-17-8-12(4)19-7-11(3)14-9-15/h11-12H,1,5-8H2,2-4H3. The minimum Gasteiger partial charge on any atom is -0.460 e. The summed E-state index contributed by atoms with van der Waals surface area (Å²) in [6.07, 6.45) is 1.36. The van der Waals surface area contributed by atoms with Gasteiger partial charge >= 0.3 is 5.97 Å². The van der Waals surface area contributed by atoms with E-state index in [1.807, 2.05) is 6.92 Å². The van der Waals surface area contributed by atoms with E-state index in [1.165, 1.54) is 6.08 Å². The fourth-order valence-electron chi connectivity index (χ4n) is 1.04. The monoisotopic (exact) mass is 271 g/mol. The summed E-state index contributed by atoms with van der Waals surface area (Å²) in [5.41, 5.74) is 0.362. The van der Waals surface area contributed by atoms with Crippen LogP contribution in [0.15, 0.2) is 17.1 Å². The summed E-state index contributed by atoms with van der Waals surface area (Å²) < 4.78 is 15.5. The van der Waals surface area contributed by atoms with Crippen molar-refractivity contribution in [3.63, 3.8) is 0 Å². The van der Waals surface area contributed by atoms with Crippen molar-refractivity contribution in [2.24, 2.45) is 4.99 Å². The molecule has 0 amide bonds. The van der Waals surface area contributed by atoms with Crippen LogP contribution in [0, 0.1) is 0 Å². The fourth-order valence-corrected chi connectivity index (χ4v) is 1.04. The molecule has 0 fully saturated rings. The number of hydrogen-bond donors (Lipinski definition) is 0. The lowest BCUT2D eigenvalue weighted by molar-refractivity contribution is -0.140. The summed E-state index contributed by atoms with van der Waals surface area (Å²) in [5, 5.41) is 0. The van der Waals surface area contributed by atoms with E-state index in [2.05, 4.69) is 11.6 Å². The van der Waals surface area contributed by atoms with Gasteiger partial charge in [-0.1, -0.05) is 6.58 Å². The number of carbonyl (C=O) groups excluding carboxylic acids is 2. The van der Waals surface area contributed by atoms with Crippen LogP contribution in [0.5, 0.6) is 0 Å². The van der Waals surface area contributed by atoms with Crippen LogP contribution in [-0.2, 0) is 23.8 Å². The second kappa shape index (κ2) is 10.4. The zero-order valence-electron chi connectivity index (χ0n) is 11.7. The van der Waals surface area contributed by atoms with Crippen molar-refractivity contribution in [1.82, 2.24) is 0 Å². The SMILES string of the molecule is C=C(C)C(=O)OCCOCC(C)OCC(C)N=C=O. The number of aliphatic imine (C=N–C) groups is 1. The number of rotatable bonds is 10. The summed E-state index contributed by atoms with van der Waals surface area (Å²) in [6, 6.07) is -0.212. The van der Waals surface area contributed by atoms with Crippen molar-refractivity contribution in [2.45, 2.75) is 32.9 Å². The molecule has 0 heterocycles. The Labute approximate surface area is 113 Å². The first kappa shape index (κ1) is 17.5. The van der Waals surface area contributed by atoms with Gasteiger partial charge in [0.2, 0.25) is 6.08 Å². The maximum Gasteiger partial charge on any atom is 0.333 e. The van der Waals surface area contributed by atoms with Gasteiger partial charge in [0.25, 0.3) is 0 Å². The smallest absolute Gasteiger partial charge is 0.333 e. The van der Waals surface area contributed by atoms with Crippen LogP contribution < -0.4 is 0 Å². The van der Waals surface area contributed by atoms with E-state index in [-0.39, 0.29) is 18.8 Å². The highest BCUT2D eigenvalue weighted by Gasteiger charge is 2.06. The molecule has 19 heavy (non-hydrogen) atoms. The molecule has 2 atom stereocenters. The number of hydrogen-bond acceptors (Lipinski definition) is 6. The zero-order valence-corrected chi connectivity index (χ0v) is 11.7. The van der Waals surface area contributed by atoms with E-state index < -0.39 is 5.97 Å². The molecule has 0 N–H and O–H groups in total. The molecule has 0 aliphatic carbocycles. The van der Waals surface area contributed by atoms with E-state index >= 15 is 0 Å². The summed E-state index contributed by atoms with van der Waals surface area (Å²) in [4.78, 5) is 24.5. The summed E-state index contributed by atoms with van der Waals surface area (Å²) >= 11 is 0. The molecule has 0 aromatic rings. The highest BCUT2D eigenvalue weighted by atomic mass is 16.6. The third kappa shape index (κ3) is 10.1. The van der Waals surface area contributed by atoms with Crippen LogP contribution >= 0.6 is 0 Å². The van der Waals surface area contributed by atoms with Gasteiger partial charge in [0.05, 0.1) is 32.0 Å². The lowest BCUT2D eigenvalue weighted by Gasteiger charge is -2.14. The molecule has 6 nitrogen and oxygen atoms in total. The Kier molecular flexibility index (Phi) is 9.62. The quantitative estimate of drug-likeness (QED) is 0.196. The van der Waals surface area contributed by atoms with Crippen molar-refractivity contribution >= 4 is 12.0 Å². The Hall–Kier alpha value is -1.49. The Balaban J connectivity index is 3.53. The third-order valence-electron chi connectivity index (χ3n) is 2.06. The molecule has 0 spiro atoms. The zero-order chi connectivity index (χ0) is 14.7. The van der Waals surface area contributed by atoms with E-state index in [4.69, 9.17) is 14.2 Å². The van der Waals surface area contributed by atoms with E-state index in [9.17, 15) is 9.59 Å². The van der Waals surface area contributed by atoms with Crippen LogP contribution in [-0.4, -0.2) is 50.6 Å². The average Bonchev–Trinajstić information content (AvgIpc) is 2.36. The van der Waals surface area contributed by atoms with Crippen molar-refractivity contribution in [3.8, 4) is 0 Å². The molecule has 0 saturated heterocycles. The normalized spacial score (nSPS) is 13.2. The second-order valence-corrected chi connectivity index (χ2v) is 4.20. The highest BCUT2D eigenvalue weighted by molar-refractivity contribution is 5.86. The molecule has 0 radical (unpaired) electrons. The van der Waals surface area contributed by atoms with Gasteiger partial charge in [-0.05, 0) is 20.8 Å².